The Hall–Kier alpha value is -2.09. The first-order chi connectivity index (χ1) is 12.5. The monoisotopic (exact) mass is 375 g/mol. The number of amides is 2. The van der Waals surface area contributed by atoms with E-state index in [0.717, 1.165) is 27.8 Å². The molecule has 140 valence electrons. The van der Waals surface area contributed by atoms with E-state index in [9.17, 15) is 14.7 Å². The third kappa shape index (κ3) is 6.01. The number of hydrogen-bond acceptors (Lipinski definition) is 5. The van der Waals surface area contributed by atoms with Crippen molar-refractivity contribution in [3.63, 3.8) is 0 Å². The molecule has 2 aromatic rings. The number of hydrogen-bond donors (Lipinski definition) is 4. The van der Waals surface area contributed by atoms with Crippen LogP contribution in [-0.2, 0) is 16.0 Å². The average molecular weight is 375 g/mol. The summed E-state index contributed by atoms with van der Waals surface area (Å²) in [6, 6.07) is 13.0. The summed E-state index contributed by atoms with van der Waals surface area (Å²) < 4.78 is 0. The summed E-state index contributed by atoms with van der Waals surface area (Å²) in [6.45, 7) is 2.03. The largest absolute Gasteiger partial charge is 0.382 e. The molecule has 0 saturated carbocycles. The molecule has 2 rings (SSSR count). The van der Waals surface area contributed by atoms with E-state index in [0.29, 0.717) is 6.42 Å². The number of aliphatic hydroxyl groups excluding tert-OH is 1. The molecule has 6 nitrogen and oxygen atoms in total. The van der Waals surface area contributed by atoms with Crippen LogP contribution in [0.5, 0.6) is 0 Å². The van der Waals surface area contributed by atoms with Crippen molar-refractivity contribution in [3.8, 4) is 0 Å². The molecule has 0 aromatic heterocycles. The van der Waals surface area contributed by atoms with E-state index in [2.05, 4.69) is 10.9 Å². The van der Waals surface area contributed by atoms with Crippen LogP contribution in [0.1, 0.15) is 18.9 Å². The number of carbonyl (C=O) groups is 2. The van der Waals surface area contributed by atoms with Crippen molar-refractivity contribution < 1.29 is 14.7 Å². The van der Waals surface area contributed by atoms with E-state index in [1.165, 1.54) is 0 Å². The molecule has 0 spiro atoms. The van der Waals surface area contributed by atoms with Gasteiger partial charge >= 0.3 is 0 Å². The molecular weight excluding hydrogens is 350 g/mol. The Bertz CT molecular complexity index is 754. The highest BCUT2D eigenvalue weighted by Crippen LogP contribution is 2.15. The zero-order valence-electron chi connectivity index (χ0n) is 14.8. The van der Waals surface area contributed by atoms with E-state index in [4.69, 9.17) is 5.73 Å². The Labute approximate surface area is 157 Å². The lowest BCUT2D eigenvalue weighted by atomic mass is 10.1. The van der Waals surface area contributed by atoms with Crippen LogP contribution in [0.15, 0.2) is 42.5 Å². The number of benzene rings is 2. The van der Waals surface area contributed by atoms with Gasteiger partial charge in [-0.1, -0.05) is 49.4 Å². The highest BCUT2D eigenvalue weighted by molar-refractivity contribution is 7.99. The second-order valence-corrected chi connectivity index (χ2v) is 7.38. The molecule has 5 N–H and O–H groups in total. The van der Waals surface area contributed by atoms with E-state index < -0.39 is 18.1 Å². The molecule has 0 aliphatic heterocycles. The zero-order chi connectivity index (χ0) is 18.9. The van der Waals surface area contributed by atoms with Crippen molar-refractivity contribution in [3.05, 3.63) is 48.0 Å². The Morgan fingerprint density at radius 2 is 1.88 bits per heavy atom. The number of thioether (sulfide) groups is 1. The van der Waals surface area contributed by atoms with Gasteiger partial charge < -0.3 is 10.8 Å². The summed E-state index contributed by atoms with van der Waals surface area (Å²) >= 11 is 1.69. The molecule has 0 aliphatic rings. The lowest BCUT2D eigenvalue weighted by Gasteiger charge is -2.18. The van der Waals surface area contributed by atoms with Gasteiger partial charge in [-0.2, -0.15) is 11.8 Å². The normalized spacial score (nSPS) is 13.2. The van der Waals surface area contributed by atoms with Crippen molar-refractivity contribution in [1.29, 1.82) is 0 Å². The number of nitrogens with two attached hydrogens (primary N) is 1. The predicted octanol–water partition coefficient (Wildman–Crippen LogP) is 1.36. The van der Waals surface area contributed by atoms with E-state index in [-0.39, 0.29) is 12.3 Å². The first kappa shape index (κ1) is 20.2. The minimum Gasteiger partial charge on any atom is -0.382 e. The molecule has 0 bridgehead atoms. The maximum absolute atomic E-state index is 12.0. The molecule has 0 aliphatic carbocycles. The summed E-state index contributed by atoms with van der Waals surface area (Å²) in [5.74, 6) is 0.665. The van der Waals surface area contributed by atoms with Crippen LogP contribution < -0.4 is 16.6 Å². The fourth-order valence-electron chi connectivity index (χ4n) is 2.50. The molecular formula is C19H25N3O3S. The van der Waals surface area contributed by atoms with Crippen LogP contribution in [0.4, 0.5) is 0 Å². The Kier molecular flexibility index (Phi) is 7.90. The molecule has 2 unspecified atom stereocenters. The average Bonchev–Trinajstić information content (AvgIpc) is 2.65. The minimum atomic E-state index is -1.35. The summed E-state index contributed by atoms with van der Waals surface area (Å²) in [7, 11) is 0. The van der Waals surface area contributed by atoms with E-state index >= 15 is 0 Å². The van der Waals surface area contributed by atoms with Crippen molar-refractivity contribution in [2.45, 2.75) is 31.9 Å². The first-order valence-electron chi connectivity index (χ1n) is 8.59. The van der Waals surface area contributed by atoms with Crippen molar-refractivity contribution in [1.82, 2.24) is 10.9 Å². The van der Waals surface area contributed by atoms with Crippen LogP contribution in [0.3, 0.4) is 0 Å². The molecule has 2 aromatic carbocycles. The molecule has 2 atom stereocenters. The van der Waals surface area contributed by atoms with Gasteiger partial charge in [0.1, 0.15) is 6.10 Å². The zero-order valence-corrected chi connectivity index (χ0v) is 15.6. The summed E-state index contributed by atoms with van der Waals surface area (Å²) in [5.41, 5.74) is 11.2. The van der Waals surface area contributed by atoms with E-state index in [1.807, 2.05) is 49.4 Å². The fraction of sp³-hybridized carbons (Fsp3) is 0.368. The maximum Gasteiger partial charge on any atom is 0.268 e. The third-order valence-electron chi connectivity index (χ3n) is 3.98. The number of carbonyl (C=O) groups excluding carboxylic acids is 2. The molecule has 0 heterocycles. The third-order valence-corrected chi connectivity index (χ3v) is 4.91. The van der Waals surface area contributed by atoms with Crippen molar-refractivity contribution in [2.24, 2.45) is 5.73 Å². The summed E-state index contributed by atoms with van der Waals surface area (Å²) in [5, 5.41) is 12.1. The van der Waals surface area contributed by atoms with Crippen LogP contribution in [0, 0.1) is 0 Å². The lowest BCUT2D eigenvalue weighted by Crippen LogP contribution is -2.52. The molecule has 0 radical (unpaired) electrons. The number of aliphatic hydroxyl groups is 1. The lowest BCUT2D eigenvalue weighted by molar-refractivity contribution is -0.134. The van der Waals surface area contributed by atoms with Gasteiger partial charge in [0.15, 0.2) is 0 Å². The Morgan fingerprint density at radius 3 is 2.62 bits per heavy atom. The second kappa shape index (κ2) is 10.2. The van der Waals surface area contributed by atoms with Gasteiger partial charge in [0.05, 0.1) is 6.42 Å². The highest BCUT2D eigenvalue weighted by atomic mass is 32.2. The maximum atomic E-state index is 12.0. The molecule has 7 heteroatoms. The SMILES string of the molecule is CCSCCC(N)C(O)C(=O)NNC(=O)Cc1ccc2ccccc2c1. The first-order valence-corrected chi connectivity index (χ1v) is 9.74. The van der Waals surface area contributed by atoms with Crippen LogP contribution in [-0.4, -0.2) is 40.6 Å². The standard InChI is InChI=1S/C19H25N3O3S/c1-2-26-10-9-16(20)18(24)19(25)22-21-17(23)12-13-7-8-14-5-3-4-6-15(14)11-13/h3-8,11,16,18,24H,2,9-10,12,20H2,1H3,(H,21,23)(H,22,25). The number of fused-ring (bicyclic) bond motifs is 1. The van der Waals surface area contributed by atoms with Gasteiger partial charge in [0.2, 0.25) is 5.91 Å². The van der Waals surface area contributed by atoms with E-state index in [1.54, 1.807) is 11.8 Å². The number of rotatable bonds is 8. The van der Waals surface area contributed by atoms with Gasteiger partial charge in [-0.25, -0.2) is 0 Å². The summed E-state index contributed by atoms with van der Waals surface area (Å²) in [6.07, 6.45) is -0.702. The second-order valence-electron chi connectivity index (χ2n) is 5.99. The Balaban J connectivity index is 1.80. The quantitative estimate of drug-likeness (QED) is 0.412. The van der Waals surface area contributed by atoms with Crippen molar-refractivity contribution >= 4 is 34.3 Å². The van der Waals surface area contributed by atoms with Crippen LogP contribution in [0.2, 0.25) is 0 Å². The van der Waals surface area contributed by atoms with Crippen LogP contribution >= 0.6 is 11.8 Å². The van der Waals surface area contributed by atoms with Gasteiger partial charge in [-0.05, 0) is 34.3 Å². The molecule has 0 saturated heterocycles. The molecule has 2 amide bonds. The van der Waals surface area contributed by atoms with Gasteiger partial charge in [-0.15, -0.1) is 0 Å². The van der Waals surface area contributed by atoms with Gasteiger partial charge in [-0.3, -0.25) is 20.4 Å². The summed E-state index contributed by atoms with van der Waals surface area (Å²) in [4.78, 5) is 23.9. The smallest absolute Gasteiger partial charge is 0.268 e. The molecule has 0 fully saturated rings. The number of hydrazine groups is 1. The van der Waals surface area contributed by atoms with Gasteiger partial charge in [0.25, 0.3) is 5.91 Å². The highest BCUT2D eigenvalue weighted by Gasteiger charge is 2.22. The Morgan fingerprint density at radius 1 is 1.15 bits per heavy atom. The fourth-order valence-corrected chi connectivity index (χ4v) is 3.23. The minimum absolute atomic E-state index is 0.125. The van der Waals surface area contributed by atoms with Gasteiger partial charge in [0, 0.05) is 6.04 Å². The number of nitrogens with one attached hydrogen (secondary N) is 2. The topological polar surface area (TPSA) is 104 Å². The van der Waals surface area contributed by atoms with Crippen LogP contribution in [0.25, 0.3) is 10.8 Å². The van der Waals surface area contributed by atoms with Crippen molar-refractivity contribution in [2.75, 3.05) is 11.5 Å². The molecule has 26 heavy (non-hydrogen) atoms. The predicted molar refractivity (Wildman–Crippen MR) is 106 cm³/mol.